The summed E-state index contributed by atoms with van der Waals surface area (Å²) in [7, 11) is 3.94. The summed E-state index contributed by atoms with van der Waals surface area (Å²) in [4.78, 5) is 2.37. The molecule has 1 aromatic rings. The molecule has 0 heterocycles. The fraction of sp³-hybridized carbons (Fsp3) is 0.625. The SMILES string of the molecule is COCCC(C)NCCCN(C)Cc1ccccc1. The van der Waals surface area contributed by atoms with Gasteiger partial charge >= 0.3 is 0 Å². The summed E-state index contributed by atoms with van der Waals surface area (Å²) < 4.78 is 5.08. The van der Waals surface area contributed by atoms with E-state index in [9.17, 15) is 0 Å². The van der Waals surface area contributed by atoms with Crippen LogP contribution in [0.15, 0.2) is 30.3 Å². The fourth-order valence-electron chi connectivity index (χ4n) is 2.07. The second-order valence-corrected chi connectivity index (χ2v) is 5.21. The van der Waals surface area contributed by atoms with Crippen LogP contribution in [0, 0.1) is 0 Å². The van der Waals surface area contributed by atoms with Crippen LogP contribution < -0.4 is 5.32 Å². The van der Waals surface area contributed by atoms with Gasteiger partial charge in [0.25, 0.3) is 0 Å². The second kappa shape index (κ2) is 9.96. The summed E-state index contributed by atoms with van der Waals surface area (Å²) in [6.07, 6.45) is 2.26. The van der Waals surface area contributed by atoms with Crippen molar-refractivity contribution in [2.75, 3.05) is 33.9 Å². The van der Waals surface area contributed by atoms with Crippen LogP contribution in [0.4, 0.5) is 0 Å². The van der Waals surface area contributed by atoms with Crippen molar-refractivity contribution in [3.05, 3.63) is 35.9 Å². The number of hydrogen-bond donors (Lipinski definition) is 1. The summed E-state index contributed by atoms with van der Waals surface area (Å²) in [6.45, 7) is 6.28. The number of ether oxygens (including phenoxy) is 1. The number of benzene rings is 1. The Hall–Kier alpha value is -0.900. The molecule has 1 aromatic carbocycles. The summed E-state index contributed by atoms with van der Waals surface area (Å²) in [5, 5.41) is 3.53. The van der Waals surface area contributed by atoms with E-state index in [0.717, 1.165) is 32.7 Å². The van der Waals surface area contributed by atoms with E-state index < -0.39 is 0 Å². The molecule has 0 aliphatic carbocycles. The summed E-state index contributed by atoms with van der Waals surface area (Å²) >= 11 is 0. The van der Waals surface area contributed by atoms with Gasteiger partial charge < -0.3 is 15.0 Å². The third kappa shape index (κ3) is 7.98. The van der Waals surface area contributed by atoms with Crippen molar-refractivity contribution in [1.29, 1.82) is 0 Å². The number of rotatable bonds is 10. The third-order valence-corrected chi connectivity index (χ3v) is 3.26. The van der Waals surface area contributed by atoms with Crippen LogP contribution in [0.2, 0.25) is 0 Å². The number of hydrogen-bond acceptors (Lipinski definition) is 3. The zero-order valence-electron chi connectivity index (χ0n) is 12.6. The highest BCUT2D eigenvalue weighted by Gasteiger charge is 2.02. The van der Waals surface area contributed by atoms with E-state index in [1.54, 1.807) is 7.11 Å². The van der Waals surface area contributed by atoms with Crippen molar-refractivity contribution in [2.24, 2.45) is 0 Å². The summed E-state index contributed by atoms with van der Waals surface area (Å²) in [5.74, 6) is 0. The normalized spacial score (nSPS) is 12.8. The largest absolute Gasteiger partial charge is 0.385 e. The Morgan fingerprint density at radius 3 is 2.68 bits per heavy atom. The van der Waals surface area contributed by atoms with Gasteiger partial charge in [-0.3, -0.25) is 0 Å². The van der Waals surface area contributed by atoms with Crippen molar-refractivity contribution in [3.63, 3.8) is 0 Å². The molecule has 0 saturated carbocycles. The maximum absolute atomic E-state index is 5.08. The maximum atomic E-state index is 5.08. The molecule has 0 spiro atoms. The van der Waals surface area contributed by atoms with E-state index in [1.165, 1.54) is 12.0 Å². The molecule has 0 aliphatic rings. The standard InChI is InChI=1S/C16H28N2O/c1-15(10-13-19-3)17-11-7-12-18(2)14-16-8-5-4-6-9-16/h4-6,8-9,15,17H,7,10-14H2,1-3H3. The zero-order valence-corrected chi connectivity index (χ0v) is 12.6. The molecule has 0 saturated heterocycles. The molecule has 3 nitrogen and oxygen atoms in total. The topological polar surface area (TPSA) is 24.5 Å². The lowest BCUT2D eigenvalue weighted by Gasteiger charge is -2.18. The van der Waals surface area contributed by atoms with E-state index in [-0.39, 0.29) is 0 Å². The van der Waals surface area contributed by atoms with Crippen molar-refractivity contribution in [2.45, 2.75) is 32.4 Å². The van der Waals surface area contributed by atoms with E-state index in [0.29, 0.717) is 6.04 Å². The quantitative estimate of drug-likeness (QED) is 0.657. The summed E-state index contributed by atoms with van der Waals surface area (Å²) in [6, 6.07) is 11.2. The van der Waals surface area contributed by atoms with E-state index >= 15 is 0 Å². The van der Waals surface area contributed by atoms with Crippen molar-refractivity contribution in [3.8, 4) is 0 Å². The fourth-order valence-corrected chi connectivity index (χ4v) is 2.07. The lowest BCUT2D eigenvalue weighted by molar-refractivity contribution is 0.184. The summed E-state index contributed by atoms with van der Waals surface area (Å²) in [5.41, 5.74) is 1.38. The Bertz CT molecular complexity index is 316. The number of nitrogens with zero attached hydrogens (tertiary/aromatic N) is 1. The lowest BCUT2D eigenvalue weighted by atomic mass is 10.2. The molecule has 0 fully saturated rings. The minimum absolute atomic E-state index is 0.541. The van der Waals surface area contributed by atoms with E-state index in [4.69, 9.17) is 4.74 Å². The van der Waals surface area contributed by atoms with Gasteiger partial charge in [0.05, 0.1) is 0 Å². The van der Waals surface area contributed by atoms with Crippen LogP contribution in [0.3, 0.4) is 0 Å². The molecule has 0 radical (unpaired) electrons. The Morgan fingerprint density at radius 2 is 2.00 bits per heavy atom. The van der Waals surface area contributed by atoms with Crippen LogP contribution in [0.5, 0.6) is 0 Å². The van der Waals surface area contributed by atoms with Gasteiger partial charge in [-0.25, -0.2) is 0 Å². The van der Waals surface area contributed by atoms with Crippen molar-refractivity contribution < 1.29 is 4.74 Å². The molecule has 0 amide bonds. The monoisotopic (exact) mass is 264 g/mol. The molecule has 1 rings (SSSR count). The first-order chi connectivity index (χ1) is 9.22. The lowest BCUT2D eigenvalue weighted by Crippen LogP contribution is -2.30. The minimum atomic E-state index is 0.541. The third-order valence-electron chi connectivity index (χ3n) is 3.26. The molecule has 1 N–H and O–H groups in total. The van der Waals surface area contributed by atoms with Crippen LogP contribution in [-0.2, 0) is 11.3 Å². The zero-order chi connectivity index (χ0) is 13.9. The molecule has 0 bridgehead atoms. The van der Waals surface area contributed by atoms with E-state index in [2.05, 4.69) is 54.5 Å². The number of nitrogens with one attached hydrogen (secondary N) is 1. The molecule has 0 aromatic heterocycles. The Balaban J connectivity index is 2.06. The highest BCUT2D eigenvalue weighted by atomic mass is 16.5. The van der Waals surface area contributed by atoms with Crippen molar-refractivity contribution in [1.82, 2.24) is 10.2 Å². The highest BCUT2D eigenvalue weighted by molar-refractivity contribution is 5.14. The second-order valence-electron chi connectivity index (χ2n) is 5.21. The first-order valence-electron chi connectivity index (χ1n) is 7.17. The molecular weight excluding hydrogens is 236 g/mol. The highest BCUT2D eigenvalue weighted by Crippen LogP contribution is 2.02. The Morgan fingerprint density at radius 1 is 1.26 bits per heavy atom. The minimum Gasteiger partial charge on any atom is -0.385 e. The molecule has 19 heavy (non-hydrogen) atoms. The Kier molecular flexibility index (Phi) is 8.47. The van der Waals surface area contributed by atoms with Gasteiger partial charge in [0.15, 0.2) is 0 Å². The van der Waals surface area contributed by atoms with Gasteiger partial charge in [-0.15, -0.1) is 0 Å². The van der Waals surface area contributed by atoms with Gasteiger partial charge in [-0.2, -0.15) is 0 Å². The predicted octanol–water partition coefficient (Wildman–Crippen LogP) is 2.52. The molecule has 1 atom stereocenters. The molecule has 1 unspecified atom stereocenters. The van der Waals surface area contributed by atoms with Crippen LogP contribution >= 0.6 is 0 Å². The van der Waals surface area contributed by atoms with Gasteiger partial charge in [-0.1, -0.05) is 30.3 Å². The first-order valence-corrected chi connectivity index (χ1v) is 7.17. The van der Waals surface area contributed by atoms with Gasteiger partial charge in [0, 0.05) is 26.3 Å². The van der Waals surface area contributed by atoms with E-state index in [1.807, 2.05) is 0 Å². The smallest absolute Gasteiger partial charge is 0.0476 e. The molecule has 108 valence electrons. The van der Waals surface area contributed by atoms with Crippen molar-refractivity contribution >= 4 is 0 Å². The Labute approximate surface area is 118 Å². The van der Waals surface area contributed by atoms with Gasteiger partial charge in [0.2, 0.25) is 0 Å². The molecule has 0 aliphatic heterocycles. The predicted molar refractivity (Wildman–Crippen MR) is 81.4 cm³/mol. The average Bonchev–Trinajstić information content (AvgIpc) is 2.42. The van der Waals surface area contributed by atoms with Crippen LogP contribution in [-0.4, -0.2) is 44.8 Å². The molecular formula is C16H28N2O. The number of methoxy groups -OCH3 is 1. The van der Waals surface area contributed by atoms with Crippen LogP contribution in [0.25, 0.3) is 0 Å². The maximum Gasteiger partial charge on any atom is 0.0476 e. The average molecular weight is 264 g/mol. The van der Waals surface area contributed by atoms with Gasteiger partial charge in [-0.05, 0) is 45.5 Å². The van der Waals surface area contributed by atoms with Gasteiger partial charge in [0.1, 0.15) is 0 Å². The first kappa shape index (κ1) is 16.2. The molecule has 3 heteroatoms. The van der Waals surface area contributed by atoms with Crippen LogP contribution in [0.1, 0.15) is 25.3 Å².